The molecule has 3 nitrogen and oxygen atoms in total. The minimum absolute atomic E-state index is 0.261. The molecule has 1 atom stereocenters. The molecule has 9 aromatic carbocycles. The Kier molecular flexibility index (Phi) is 8.62. The maximum absolute atomic E-state index is 6.23. The Hall–Kier alpha value is -8.14. The molecule has 12 rings (SSSR count). The summed E-state index contributed by atoms with van der Waals surface area (Å²) < 4.78 is 6.23. The van der Waals surface area contributed by atoms with Crippen molar-refractivity contribution < 1.29 is 4.42 Å². The molecular formula is C60H40N2O. The molecule has 11 aromatic rings. The van der Waals surface area contributed by atoms with Gasteiger partial charge in [0.15, 0.2) is 5.82 Å². The fraction of sp³-hybridized carbons (Fsp3) is 0.0333. The second-order valence-electron chi connectivity index (χ2n) is 16.6. The molecule has 0 radical (unpaired) electrons. The van der Waals surface area contributed by atoms with Gasteiger partial charge in [0.05, 0.1) is 11.4 Å². The summed E-state index contributed by atoms with van der Waals surface area (Å²) in [6.07, 6.45) is 0. The van der Waals surface area contributed by atoms with Crippen LogP contribution in [0.4, 0.5) is 0 Å². The van der Waals surface area contributed by atoms with Crippen LogP contribution in [0, 0.1) is 0 Å². The Labute approximate surface area is 366 Å². The number of rotatable bonds is 7. The fourth-order valence-corrected chi connectivity index (χ4v) is 9.80. The Bertz CT molecular complexity index is 3520. The van der Waals surface area contributed by atoms with E-state index in [4.69, 9.17) is 14.4 Å². The molecule has 1 aliphatic carbocycles. The molecule has 2 heterocycles. The number of nitrogens with zero attached hydrogens (tertiary/aromatic N) is 2. The molecule has 0 aliphatic heterocycles. The van der Waals surface area contributed by atoms with E-state index in [0.29, 0.717) is 5.82 Å². The Balaban J connectivity index is 1.04. The van der Waals surface area contributed by atoms with Crippen molar-refractivity contribution in [2.24, 2.45) is 0 Å². The van der Waals surface area contributed by atoms with Crippen LogP contribution in [-0.4, -0.2) is 9.97 Å². The number of benzene rings is 9. The minimum Gasteiger partial charge on any atom is -0.456 e. The average Bonchev–Trinajstić information content (AvgIpc) is 3.87. The van der Waals surface area contributed by atoms with Crippen molar-refractivity contribution in [3.8, 4) is 78.4 Å². The van der Waals surface area contributed by atoms with E-state index < -0.39 is 0 Å². The molecule has 63 heavy (non-hydrogen) atoms. The molecule has 296 valence electrons. The molecule has 0 bridgehead atoms. The van der Waals surface area contributed by atoms with Crippen LogP contribution in [0.1, 0.15) is 23.6 Å². The number of aromatic nitrogens is 2. The highest BCUT2D eigenvalue weighted by molar-refractivity contribution is 6.06. The van der Waals surface area contributed by atoms with E-state index in [0.717, 1.165) is 83.4 Å². The number of fused-ring (bicyclic) bond motifs is 6. The van der Waals surface area contributed by atoms with Gasteiger partial charge in [-0.15, -0.1) is 0 Å². The molecule has 0 N–H and O–H groups in total. The largest absolute Gasteiger partial charge is 0.456 e. The zero-order valence-corrected chi connectivity index (χ0v) is 34.7. The summed E-state index contributed by atoms with van der Waals surface area (Å²) in [4.78, 5) is 10.7. The molecule has 0 saturated carbocycles. The van der Waals surface area contributed by atoms with Crippen LogP contribution in [-0.2, 0) is 5.41 Å². The van der Waals surface area contributed by atoms with Crippen LogP contribution < -0.4 is 0 Å². The van der Waals surface area contributed by atoms with E-state index >= 15 is 0 Å². The summed E-state index contributed by atoms with van der Waals surface area (Å²) in [5, 5.41) is 2.21. The summed E-state index contributed by atoms with van der Waals surface area (Å²) in [6, 6.07) is 80.1. The van der Waals surface area contributed by atoms with Crippen molar-refractivity contribution in [1.29, 1.82) is 0 Å². The molecule has 0 saturated heterocycles. The van der Waals surface area contributed by atoms with E-state index in [1.54, 1.807) is 0 Å². The highest BCUT2D eigenvalue weighted by atomic mass is 16.3. The normalized spacial score (nSPS) is 14.2. The topological polar surface area (TPSA) is 38.9 Å². The summed E-state index contributed by atoms with van der Waals surface area (Å²) >= 11 is 0. The van der Waals surface area contributed by atoms with Gasteiger partial charge < -0.3 is 4.42 Å². The average molecular weight is 805 g/mol. The third kappa shape index (κ3) is 6.20. The summed E-state index contributed by atoms with van der Waals surface area (Å²) in [7, 11) is 0. The van der Waals surface area contributed by atoms with E-state index in [1.165, 1.54) is 27.8 Å². The van der Waals surface area contributed by atoms with E-state index in [1.807, 2.05) is 18.2 Å². The standard InChI is InChI=1S/C60H40N2O/c1-60(46-21-9-4-10-22-46)53-27-15-13-24-48(53)51-37-42(29-31-54(51)60)47-23-11-12-25-49(47)56-38-55(61-59(62-56)40-19-7-3-8-20-40)45-34-43(39-17-5-2-6-18-39)33-44(35-45)41-30-32-58-52(36-41)50-26-14-16-28-57(50)63-58/h2-38H,1H3. The first-order valence-corrected chi connectivity index (χ1v) is 21.6. The minimum atomic E-state index is -0.261. The first-order chi connectivity index (χ1) is 31.1. The highest BCUT2D eigenvalue weighted by Gasteiger charge is 2.40. The number of para-hydroxylation sites is 1. The van der Waals surface area contributed by atoms with Crippen LogP contribution in [0.3, 0.4) is 0 Å². The molecule has 1 unspecified atom stereocenters. The third-order valence-corrected chi connectivity index (χ3v) is 13.0. The smallest absolute Gasteiger partial charge is 0.160 e. The van der Waals surface area contributed by atoms with E-state index in [-0.39, 0.29) is 5.41 Å². The van der Waals surface area contributed by atoms with Crippen molar-refractivity contribution in [3.63, 3.8) is 0 Å². The predicted octanol–water partition coefficient (Wildman–Crippen LogP) is 15.7. The Morgan fingerprint density at radius 2 is 0.905 bits per heavy atom. The molecular weight excluding hydrogens is 765 g/mol. The van der Waals surface area contributed by atoms with Crippen molar-refractivity contribution in [2.75, 3.05) is 0 Å². The Morgan fingerprint density at radius 1 is 0.333 bits per heavy atom. The quantitative estimate of drug-likeness (QED) is 0.161. The van der Waals surface area contributed by atoms with Crippen LogP contribution >= 0.6 is 0 Å². The molecule has 3 heteroatoms. The van der Waals surface area contributed by atoms with Crippen LogP contribution in [0.5, 0.6) is 0 Å². The number of furan rings is 1. The lowest BCUT2D eigenvalue weighted by Gasteiger charge is -2.28. The number of hydrogen-bond donors (Lipinski definition) is 0. The lowest BCUT2D eigenvalue weighted by atomic mass is 9.74. The van der Waals surface area contributed by atoms with Crippen LogP contribution in [0.15, 0.2) is 229 Å². The van der Waals surface area contributed by atoms with Gasteiger partial charge in [-0.25, -0.2) is 9.97 Å². The maximum Gasteiger partial charge on any atom is 0.160 e. The van der Waals surface area contributed by atoms with Gasteiger partial charge in [-0.2, -0.15) is 0 Å². The fourth-order valence-electron chi connectivity index (χ4n) is 9.80. The zero-order valence-electron chi connectivity index (χ0n) is 34.7. The number of hydrogen-bond acceptors (Lipinski definition) is 3. The molecule has 1 aliphatic rings. The summed E-state index contributed by atoms with van der Waals surface area (Å²) in [5.74, 6) is 0.678. The molecule has 0 amide bonds. The van der Waals surface area contributed by atoms with Crippen LogP contribution in [0.2, 0.25) is 0 Å². The zero-order chi connectivity index (χ0) is 41.9. The van der Waals surface area contributed by atoms with Gasteiger partial charge in [0, 0.05) is 32.9 Å². The van der Waals surface area contributed by atoms with Gasteiger partial charge in [-0.05, 0) is 117 Å². The lowest BCUT2D eigenvalue weighted by Crippen LogP contribution is -2.22. The third-order valence-electron chi connectivity index (χ3n) is 13.0. The van der Waals surface area contributed by atoms with Gasteiger partial charge in [0.1, 0.15) is 11.2 Å². The second kappa shape index (κ2) is 14.8. The van der Waals surface area contributed by atoms with Gasteiger partial charge in [0.2, 0.25) is 0 Å². The lowest BCUT2D eigenvalue weighted by molar-refractivity contribution is 0.669. The molecule has 2 aromatic heterocycles. The Morgan fingerprint density at radius 3 is 1.70 bits per heavy atom. The molecule has 0 spiro atoms. The predicted molar refractivity (Wildman–Crippen MR) is 259 cm³/mol. The SMILES string of the molecule is CC1(c2ccccc2)c2ccccc2-c2cc(-c3ccccc3-c3cc(-c4cc(-c5ccccc5)cc(-c5ccc6oc7ccccc7c6c5)c4)nc(-c4ccccc4)n3)ccc21. The van der Waals surface area contributed by atoms with E-state index in [9.17, 15) is 0 Å². The van der Waals surface area contributed by atoms with Gasteiger partial charge >= 0.3 is 0 Å². The highest BCUT2D eigenvalue weighted by Crippen LogP contribution is 2.53. The van der Waals surface area contributed by atoms with Crippen molar-refractivity contribution >= 4 is 21.9 Å². The first kappa shape index (κ1) is 36.7. The maximum atomic E-state index is 6.23. The monoisotopic (exact) mass is 804 g/mol. The van der Waals surface area contributed by atoms with Crippen LogP contribution in [0.25, 0.3) is 100 Å². The van der Waals surface area contributed by atoms with Crippen molar-refractivity contribution in [3.05, 3.63) is 241 Å². The van der Waals surface area contributed by atoms with Crippen molar-refractivity contribution in [2.45, 2.75) is 12.3 Å². The summed E-state index contributed by atoms with van der Waals surface area (Å²) in [6.45, 7) is 2.37. The van der Waals surface area contributed by atoms with Crippen molar-refractivity contribution in [1.82, 2.24) is 9.97 Å². The van der Waals surface area contributed by atoms with E-state index in [2.05, 4.69) is 213 Å². The van der Waals surface area contributed by atoms with Gasteiger partial charge in [-0.3, -0.25) is 0 Å². The first-order valence-electron chi connectivity index (χ1n) is 21.6. The summed E-state index contributed by atoms with van der Waals surface area (Å²) in [5.41, 5.74) is 19.5. The van der Waals surface area contributed by atoms with Gasteiger partial charge in [0.25, 0.3) is 0 Å². The molecule has 0 fully saturated rings. The second-order valence-corrected chi connectivity index (χ2v) is 16.6. The van der Waals surface area contributed by atoms with Gasteiger partial charge in [-0.1, -0.05) is 176 Å².